The smallest absolute Gasteiger partial charge is 0.272 e. The van der Waals surface area contributed by atoms with Crippen molar-refractivity contribution in [1.82, 2.24) is 14.9 Å². The summed E-state index contributed by atoms with van der Waals surface area (Å²) in [6.45, 7) is 7.44. The molecule has 0 aliphatic carbocycles. The van der Waals surface area contributed by atoms with Crippen molar-refractivity contribution in [1.29, 1.82) is 0 Å². The Morgan fingerprint density at radius 1 is 1.15 bits per heavy atom. The van der Waals surface area contributed by atoms with Gasteiger partial charge in [-0.25, -0.2) is 9.97 Å². The highest BCUT2D eigenvalue weighted by Crippen LogP contribution is 2.27. The molecule has 6 nitrogen and oxygen atoms in total. The number of aromatic nitrogens is 2. The quantitative estimate of drug-likeness (QED) is 0.881. The van der Waals surface area contributed by atoms with Gasteiger partial charge in [0.2, 0.25) is 5.95 Å². The van der Waals surface area contributed by atoms with Crippen molar-refractivity contribution in [3.05, 3.63) is 41.7 Å². The first-order valence-electron chi connectivity index (χ1n) is 9.20. The van der Waals surface area contributed by atoms with Gasteiger partial charge in [0.25, 0.3) is 5.91 Å². The van der Waals surface area contributed by atoms with Crippen molar-refractivity contribution >= 4 is 17.5 Å². The number of carbonyl (C=O) groups is 1. The fraction of sp³-hybridized carbons (Fsp3) is 0.450. The van der Waals surface area contributed by atoms with Gasteiger partial charge >= 0.3 is 0 Å². The van der Waals surface area contributed by atoms with Gasteiger partial charge in [0.15, 0.2) is 0 Å². The third kappa shape index (κ3) is 4.50. The molecule has 1 aliphatic heterocycles. The van der Waals surface area contributed by atoms with Gasteiger partial charge in [-0.2, -0.15) is 0 Å². The first-order valence-corrected chi connectivity index (χ1v) is 9.20. The van der Waals surface area contributed by atoms with E-state index in [1.165, 1.54) is 6.42 Å². The minimum absolute atomic E-state index is 0.0232. The number of amides is 1. The molecule has 3 rings (SSSR count). The monoisotopic (exact) mass is 354 g/mol. The number of para-hydroxylation sites is 2. The van der Waals surface area contributed by atoms with Crippen LogP contribution in [-0.2, 0) is 0 Å². The largest absolute Gasteiger partial charge is 0.489 e. The van der Waals surface area contributed by atoms with Gasteiger partial charge in [0.05, 0.1) is 11.8 Å². The second-order valence-corrected chi connectivity index (χ2v) is 6.86. The Kier molecular flexibility index (Phi) is 5.71. The number of likely N-dealkylation sites (tertiary alicyclic amines) is 1. The normalized spacial score (nSPS) is 14.4. The third-order valence-electron chi connectivity index (χ3n) is 4.21. The minimum atomic E-state index is -0.0232. The molecule has 2 aromatic rings. The summed E-state index contributed by atoms with van der Waals surface area (Å²) in [6, 6.07) is 9.41. The number of rotatable bonds is 5. The zero-order chi connectivity index (χ0) is 18.5. The molecule has 1 aliphatic rings. The number of piperidine rings is 1. The molecule has 0 radical (unpaired) electrons. The van der Waals surface area contributed by atoms with Crippen LogP contribution in [0.25, 0.3) is 0 Å². The molecule has 0 saturated carbocycles. The van der Waals surface area contributed by atoms with Gasteiger partial charge in [-0.05, 0) is 58.2 Å². The lowest BCUT2D eigenvalue weighted by molar-refractivity contribution is 0.0718. The average molecular weight is 354 g/mol. The van der Waals surface area contributed by atoms with E-state index in [1.807, 2.05) is 49.9 Å². The summed E-state index contributed by atoms with van der Waals surface area (Å²) < 4.78 is 5.83. The van der Waals surface area contributed by atoms with Crippen molar-refractivity contribution in [2.24, 2.45) is 0 Å². The van der Waals surface area contributed by atoms with Crippen molar-refractivity contribution in [3.8, 4) is 5.75 Å². The molecule has 1 aromatic heterocycles. The summed E-state index contributed by atoms with van der Waals surface area (Å²) in [6.07, 6.45) is 3.36. The van der Waals surface area contributed by atoms with E-state index in [2.05, 4.69) is 15.3 Å². The molecule has 0 atom stereocenters. The lowest BCUT2D eigenvalue weighted by atomic mass is 10.1. The van der Waals surface area contributed by atoms with Crippen LogP contribution in [0.2, 0.25) is 0 Å². The number of carbonyl (C=O) groups excluding carboxylic acids is 1. The molecule has 0 bridgehead atoms. The lowest BCUT2D eigenvalue weighted by Crippen LogP contribution is -2.36. The summed E-state index contributed by atoms with van der Waals surface area (Å²) in [7, 11) is 0. The van der Waals surface area contributed by atoms with Crippen LogP contribution in [0.15, 0.2) is 30.3 Å². The zero-order valence-electron chi connectivity index (χ0n) is 15.7. The Bertz CT molecular complexity index is 770. The van der Waals surface area contributed by atoms with Crippen LogP contribution in [0.1, 0.15) is 49.3 Å². The number of hydrogen-bond acceptors (Lipinski definition) is 5. The van der Waals surface area contributed by atoms with Gasteiger partial charge in [-0.1, -0.05) is 12.1 Å². The van der Waals surface area contributed by atoms with Gasteiger partial charge in [-0.15, -0.1) is 0 Å². The summed E-state index contributed by atoms with van der Waals surface area (Å²) >= 11 is 0. The second-order valence-electron chi connectivity index (χ2n) is 6.86. The Morgan fingerprint density at radius 3 is 2.62 bits per heavy atom. The molecule has 2 heterocycles. The summed E-state index contributed by atoms with van der Waals surface area (Å²) in [4.78, 5) is 23.5. The maximum absolute atomic E-state index is 12.8. The number of anilines is 2. The van der Waals surface area contributed by atoms with E-state index in [0.29, 0.717) is 11.6 Å². The fourth-order valence-corrected chi connectivity index (χ4v) is 3.04. The zero-order valence-corrected chi connectivity index (χ0v) is 15.7. The maximum atomic E-state index is 12.8. The molecule has 0 spiro atoms. The Labute approximate surface area is 154 Å². The maximum Gasteiger partial charge on any atom is 0.272 e. The van der Waals surface area contributed by atoms with Crippen LogP contribution in [0.5, 0.6) is 5.75 Å². The fourth-order valence-electron chi connectivity index (χ4n) is 3.04. The lowest BCUT2D eigenvalue weighted by Gasteiger charge is -2.26. The number of hydrogen-bond donors (Lipinski definition) is 1. The van der Waals surface area contributed by atoms with Crippen LogP contribution in [0.4, 0.5) is 11.6 Å². The Balaban J connectivity index is 1.83. The van der Waals surface area contributed by atoms with E-state index < -0.39 is 0 Å². The average Bonchev–Trinajstić information content (AvgIpc) is 2.62. The molecule has 26 heavy (non-hydrogen) atoms. The summed E-state index contributed by atoms with van der Waals surface area (Å²) in [5.74, 6) is 1.12. The topological polar surface area (TPSA) is 67.4 Å². The van der Waals surface area contributed by atoms with Gasteiger partial charge in [-0.3, -0.25) is 4.79 Å². The van der Waals surface area contributed by atoms with Gasteiger partial charge in [0.1, 0.15) is 11.4 Å². The molecule has 1 amide bonds. The third-order valence-corrected chi connectivity index (χ3v) is 4.21. The van der Waals surface area contributed by atoms with E-state index in [4.69, 9.17) is 4.74 Å². The molecule has 0 unspecified atom stereocenters. The molecule has 1 aromatic carbocycles. The van der Waals surface area contributed by atoms with Crippen molar-refractivity contribution in [2.45, 2.75) is 46.1 Å². The minimum Gasteiger partial charge on any atom is -0.489 e. The van der Waals surface area contributed by atoms with Crippen molar-refractivity contribution in [3.63, 3.8) is 0 Å². The number of aryl methyl sites for hydroxylation is 1. The number of nitrogens with one attached hydrogen (secondary N) is 1. The molecule has 1 fully saturated rings. The molecular weight excluding hydrogens is 328 g/mol. The van der Waals surface area contributed by atoms with Crippen LogP contribution in [-0.4, -0.2) is 40.0 Å². The SMILES string of the molecule is Cc1cc(C(=O)N2CCCCC2)nc(Nc2ccccc2OC(C)C)n1. The van der Waals surface area contributed by atoms with Crippen LogP contribution in [0, 0.1) is 6.92 Å². The van der Waals surface area contributed by atoms with Crippen molar-refractivity contribution < 1.29 is 9.53 Å². The highest BCUT2D eigenvalue weighted by atomic mass is 16.5. The highest BCUT2D eigenvalue weighted by Gasteiger charge is 2.20. The first-order chi connectivity index (χ1) is 12.5. The molecule has 6 heteroatoms. The molecular formula is C20H26N4O2. The molecule has 138 valence electrons. The van der Waals surface area contributed by atoms with Crippen LogP contribution >= 0.6 is 0 Å². The van der Waals surface area contributed by atoms with Crippen molar-refractivity contribution in [2.75, 3.05) is 18.4 Å². The Hall–Kier alpha value is -2.63. The number of nitrogens with zero attached hydrogens (tertiary/aromatic N) is 3. The van der Waals surface area contributed by atoms with E-state index >= 15 is 0 Å². The van der Waals surface area contributed by atoms with E-state index in [9.17, 15) is 4.79 Å². The predicted octanol–water partition coefficient (Wildman–Crippen LogP) is 3.94. The molecule has 1 N–H and O–H groups in total. The van der Waals surface area contributed by atoms with Gasteiger partial charge in [0, 0.05) is 18.8 Å². The first kappa shape index (κ1) is 18.2. The van der Waals surface area contributed by atoms with E-state index in [1.54, 1.807) is 6.07 Å². The summed E-state index contributed by atoms with van der Waals surface area (Å²) in [5.41, 5.74) is 1.97. The highest BCUT2D eigenvalue weighted by molar-refractivity contribution is 5.92. The van der Waals surface area contributed by atoms with E-state index in [0.717, 1.165) is 43.1 Å². The standard InChI is InChI=1S/C20H26N4O2/c1-14(2)26-18-10-6-5-9-16(18)22-20-21-15(3)13-17(23-20)19(25)24-11-7-4-8-12-24/h5-6,9-10,13-14H,4,7-8,11-12H2,1-3H3,(H,21,22,23). The summed E-state index contributed by atoms with van der Waals surface area (Å²) in [5, 5.41) is 3.20. The van der Waals surface area contributed by atoms with Gasteiger partial charge < -0.3 is 15.0 Å². The van der Waals surface area contributed by atoms with Crippen LogP contribution < -0.4 is 10.1 Å². The number of ether oxygens (including phenoxy) is 1. The predicted molar refractivity (Wildman–Crippen MR) is 102 cm³/mol. The van der Waals surface area contributed by atoms with E-state index in [-0.39, 0.29) is 12.0 Å². The second kappa shape index (κ2) is 8.17. The van der Waals surface area contributed by atoms with Crippen LogP contribution in [0.3, 0.4) is 0 Å². The number of benzene rings is 1. The molecule has 1 saturated heterocycles. The Morgan fingerprint density at radius 2 is 1.88 bits per heavy atom.